The minimum absolute atomic E-state index is 0.0517. The highest BCUT2D eigenvalue weighted by Crippen LogP contribution is 2.43. The highest BCUT2D eigenvalue weighted by atomic mass is 31.2. The van der Waals surface area contributed by atoms with Gasteiger partial charge in [0.05, 0.1) is 13.2 Å². The average molecular weight is 960 g/mol. The number of carbonyl (C=O) groups is 2. The zero-order valence-electron chi connectivity index (χ0n) is 43.1. The maximum atomic E-state index is 12.6. The van der Waals surface area contributed by atoms with E-state index in [2.05, 4.69) is 86.8 Å². The molecule has 10 heteroatoms. The molecule has 67 heavy (non-hydrogen) atoms. The lowest BCUT2D eigenvalue weighted by Gasteiger charge is -2.19. The van der Waals surface area contributed by atoms with E-state index in [4.69, 9.17) is 24.3 Å². The quantitative estimate of drug-likeness (QED) is 0.0264. The Morgan fingerprint density at radius 2 is 0.821 bits per heavy atom. The van der Waals surface area contributed by atoms with Gasteiger partial charge in [-0.2, -0.15) is 0 Å². The predicted octanol–water partition coefficient (Wildman–Crippen LogP) is 17.0. The molecular formula is C57H102NO8P. The summed E-state index contributed by atoms with van der Waals surface area (Å²) in [5.41, 5.74) is 5.36. The summed E-state index contributed by atoms with van der Waals surface area (Å²) in [6.07, 6.45) is 66.9. The second kappa shape index (κ2) is 52.8. The Balaban J connectivity index is 3.83. The van der Waals surface area contributed by atoms with E-state index in [-0.39, 0.29) is 32.6 Å². The third-order valence-corrected chi connectivity index (χ3v) is 12.6. The number of hydrogen-bond donors (Lipinski definition) is 2. The Morgan fingerprint density at radius 3 is 1.24 bits per heavy atom. The molecule has 2 atom stereocenters. The first-order valence-electron chi connectivity index (χ1n) is 27.4. The topological polar surface area (TPSA) is 134 Å². The van der Waals surface area contributed by atoms with E-state index in [0.717, 1.165) is 96.3 Å². The minimum Gasteiger partial charge on any atom is -0.462 e. The highest BCUT2D eigenvalue weighted by Gasteiger charge is 2.26. The van der Waals surface area contributed by atoms with E-state index >= 15 is 0 Å². The van der Waals surface area contributed by atoms with Gasteiger partial charge in [0.1, 0.15) is 6.61 Å². The van der Waals surface area contributed by atoms with Gasteiger partial charge >= 0.3 is 19.8 Å². The van der Waals surface area contributed by atoms with Gasteiger partial charge in [-0.25, -0.2) is 4.57 Å². The summed E-state index contributed by atoms with van der Waals surface area (Å²) in [5.74, 6) is -0.835. The van der Waals surface area contributed by atoms with Crippen LogP contribution in [0.5, 0.6) is 0 Å². The Bertz CT molecular complexity index is 1320. The SMILES string of the molecule is CC/C=C\C/C=C\C/C=C\C/C=C\C/C=C\CCCCCCCCCCCCCCCCCCCCCC(=O)OC(COC(=O)CCCCCCC/C=C\CCCC)COP(=O)(O)OCCN. The van der Waals surface area contributed by atoms with Crippen molar-refractivity contribution in [2.24, 2.45) is 5.73 Å². The fourth-order valence-electron chi connectivity index (χ4n) is 7.53. The summed E-state index contributed by atoms with van der Waals surface area (Å²) < 4.78 is 32.9. The van der Waals surface area contributed by atoms with Gasteiger partial charge in [0, 0.05) is 19.4 Å². The number of hydrogen-bond acceptors (Lipinski definition) is 8. The van der Waals surface area contributed by atoms with Gasteiger partial charge in [-0.3, -0.25) is 18.6 Å². The second-order valence-electron chi connectivity index (χ2n) is 18.1. The Hall–Kier alpha value is -2.55. The molecule has 0 heterocycles. The van der Waals surface area contributed by atoms with Crippen molar-refractivity contribution in [3.05, 3.63) is 72.9 Å². The zero-order valence-corrected chi connectivity index (χ0v) is 44.0. The summed E-state index contributed by atoms with van der Waals surface area (Å²) in [6, 6.07) is 0. The fraction of sp³-hybridized carbons (Fsp3) is 0.754. The minimum atomic E-state index is -4.38. The summed E-state index contributed by atoms with van der Waals surface area (Å²) in [4.78, 5) is 35.0. The largest absolute Gasteiger partial charge is 0.472 e. The van der Waals surface area contributed by atoms with Crippen molar-refractivity contribution in [2.45, 2.75) is 251 Å². The van der Waals surface area contributed by atoms with Crippen molar-refractivity contribution in [1.82, 2.24) is 0 Å². The van der Waals surface area contributed by atoms with E-state index in [1.54, 1.807) is 0 Å². The number of unbranched alkanes of at least 4 members (excludes halogenated alkanes) is 26. The predicted molar refractivity (Wildman–Crippen MR) is 284 cm³/mol. The van der Waals surface area contributed by atoms with Crippen LogP contribution in [0, 0.1) is 0 Å². The molecule has 388 valence electrons. The van der Waals surface area contributed by atoms with E-state index in [1.807, 2.05) is 0 Å². The fourth-order valence-corrected chi connectivity index (χ4v) is 8.29. The molecule has 0 fully saturated rings. The number of rotatable bonds is 51. The first-order valence-corrected chi connectivity index (χ1v) is 28.9. The molecule has 9 nitrogen and oxygen atoms in total. The maximum absolute atomic E-state index is 12.6. The molecule has 0 radical (unpaired) electrons. The molecule has 0 aromatic carbocycles. The van der Waals surface area contributed by atoms with Crippen LogP contribution >= 0.6 is 7.82 Å². The normalized spacial score (nSPS) is 13.7. The third kappa shape index (κ3) is 52.7. The maximum Gasteiger partial charge on any atom is 0.472 e. The lowest BCUT2D eigenvalue weighted by atomic mass is 10.0. The number of carbonyl (C=O) groups excluding carboxylic acids is 2. The summed E-state index contributed by atoms with van der Waals surface area (Å²) >= 11 is 0. The monoisotopic (exact) mass is 960 g/mol. The molecule has 0 saturated carbocycles. The van der Waals surface area contributed by atoms with Gasteiger partial charge in [0.25, 0.3) is 0 Å². The van der Waals surface area contributed by atoms with Crippen LogP contribution in [-0.2, 0) is 32.7 Å². The van der Waals surface area contributed by atoms with Crippen molar-refractivity contribution in [2.75, 3.05) is 26.4 Å². The number of phosphoric ester groups is 1. The number of phosphoric acid groups is 1. The lowest BCUT2D eigenvalue weighted by Crippen LogP contribution is -2.29. The van der Waals surface area contributed by atoms with Crippen molar-refractivity contribution in [3.8, 4) is 0 Å². The highest BCUT2D eigenvalue weighted by molar-refractivity contribution is 7.47. The first kappa shape index (κ1) is 64.5. The number of allylic oxidation sites excluding steroid dienone is 12. The van der Waals surface area contributed by atoms with Crippen LogP contribution in [0.25, 0.3) is 0 Å². The van der Waals surface area contributed by atoms with Crippen molar-refractivity contribution in [1.29, 1.82) is 0 Å². The summed E-state index contributed by atoms with van der Waals surface area (Å²) in [6.45, 7) is 3.58. The number of nitrogens with two attached hydrogens (primary N) is 1. The van der Waals surface area contributed by atoms with E-state index in [1.165, 1.54) is 116 Å². The Morgan fingerprint density at radius 1 is 0.463 bits per heavy atom. The van der Waals surface area contributed by atoms with Crippen molar-refractivity contribution in [3.63, 3.8) is 0 Å². The van der Waals surface area contributed by atoms with E-state index in [0.29, 0.717) is 6.42 Å². The number of ether oxygens (including phenoxy) is 2. The molecule has 0 aliphatic heterocycles. The standard InChI is InChI=1S/C57H102NO8P/c1-3-5-7-9-11-13-15-16-17-18-19-20-21-22-23-24-25-26-27-28-29-30-31-32-33-34-35-36-37-38-40-42-44-46-48-50-57(60)66-55(54-65-67(61,62)64-52-51-58)53-63-56(59)49-47-45-43-41-39-14-12-10-8-6-4-2/h5,7,10-13,16-17,19-20,22-23,55H,3-4,6,8-9,14-15,18,21,24-54,58H2,1-2H3,(H,61,62)/b7-5-,12-10-,13-11-,17-16-,20-19-,23-22-. The van der Waals surface area contributed by atoms with E-state index < -0.39 is 32.5 Å². The molecule has 0 saturated heterocycles. The molecule has 0 aromatic rings. The molecule has 0 aliphatic carbocycles. The molecule has 0 amide bonds. The molecule has 3 N–H and O–H groups in total. The van der Waals surface area contributed by atoms with Crippen LogP contribution in [0.2, 0.25) is 0 Å². The number of esters is 2. The Kier molecular flexibility index (Phi) is 50.8. The molecule has 2 unspecified atom stereocenters. The Labute approximate surface area is 411 Å². The van der Waals surface area contributed by atoms with Crippen LogP contribution in [0.4, 0.5) is 0 Å². The van der Waals surface area contributed by atoms with Crippen LogP contribution in [0.1, 0.15) is 245 Å². The smallest absolute Gasteiger partial charge is 0.462 e. The van der Waals surface area contributed by atoms with Crippen LogP contribution in [-0.4, -0.2) is 49.3 Å². The lowest BCUT2D eigenvalue weighted by molar-refractivity contribution is -0.161. The summed E-state index contributed by atoms with van der Waals surface area (Å²) in [5, 5.41) is 0. The van der Waals surface area contributed by atoms with Gasteiger partial charge in [-0.1, -0.05) is 228 Å². The van der Waals surface area contributed by atoms with E-state index in [9.17, 15) is 19.0 Å². The molecule has 0 bridgehead atoms. The average Bonchev–Trinajstić information content (AvgIpc) is 3.32. The van der Waals surface area contributed by atoms with Crippen molar-refractivity contribution < 1.29 is 37.6 Å². The third-order valence-electron chi connectivity index (χ3n) is 11.6. The molecule has 0 rings (SSSR count). The van der Waals surface area contributed by atoms with Gasteiger partial charge in [-0.15, -0.1) is 0 Å². The van der Waals surface area contributed by atoms with Gasteiger partial charge in [0.15, 0.2) is 6.10 Å². The van der Waals surface area contributed by atoms with Gasteiger partial charge < -0.3 is 20.1 Å². The molecule has 0 aromatic heterocycles. The zero-order chi connectivity index (χ0) is 48.8. The molecule has 0 spiro atoms. The van der Waals surface area contributed by atoms with Crippen LogP contribution < -0.4 is 5.73 Å². The molecular weight excluding hydrogens is 858 g/mol. The second-order valence-corrected chi connectivity index (χ2v) is 19.5. The van der Waals surface area contributed by atoms with Gasteiger partial charge in [0.2, 0.25) is 0 Å². The van der Waals surface area contributed by atoms with Crippen molar-refractivity contribution >= 4 is 19.8 Å². The van der Waals surface area contributed by atoms with Crippen LogP contribution in [0.3, 0.4) is 0 Å². The first-order chi connectivity index (χ1) is 32.8. The molecule has 0 aliphatic rings. The summed E-state index contributed by atoms with van der Waals surface area (Å²) in [7, 11) is -4.38. The van der Waals surface area contributed by atoms with Gasteiger partial charge in [-0.05, 0) is 77.0 Å². The van der Waals surface area contributed by atoms with Crippen LogP contribution in [0.15, 0.2) is 72.9 Å².